The van der Waals surface area contributed by atoms with Crippen LogP contribution in [0.4, 0.5) is 18.0 Å². The van der Waals surface area contributed by atoms with Gasteiger partial charge in [0.2, 0.25) is 0 Å². The van der Waals surface area contributed by atoms with Crippen molar-refractivity contribution in [1.29, 1.82) is 0 Å². The van der Waals surface area contributed by atoms with E-state index in [1.807, 2.05) is 6.92 Å². The molecule has 1 aliphatic rings. The summed E-state index contributed by atoms with van der Waals surface area (Å²) in [5.74, 6) is 0.833. The lowest BCUT2D eigenvalue weighted by Crippen LogP contribution is -2.52. The van der Waals surface area contributed by atoms with Crippen molar-refractivity contribution in [3.05, 3.63) is 35.4 Å². The van der Waals surface area contributed by atoms with Crippen LogP contribution in [-0.2, 0) is 11.9 Å². The van der Waals surface area contributed by atoms with Gasteiger partial charge in [-0.15, -0.1) is 11.8 Å². The Labute approximate surface area is 119 Å². The van der Waals surface area contributed by atoms with Gasteiger partial charge in [0.15, 0.2) is 0 Å². The molecule has 0 bridgehead atoms. The SMILES string of the molecule is CC1CNC(=O)NC1SCc1ccc(C(F)(F)F)cc1. The fourth-order valence-electron chi connectivity index (χ4n) is 1.87. The lowest BCUT2D eigenvalue weighted by molar-refractivity contribution is -0.137. The first-order chi connectivity index (χ1) is 9.36. The molecule has 1 aliphatic heterocycles. The Morgan fingerprint density at radius 2 is 1.95 bits per heavy atom. The Balaban J connectivity index is 1.92. The van der Waals surface area contributed by atoms with E-state index < -0.39 is 11.7 Å². The van der Waals surface area contributed by atoms with Crippen LogP contribution in [0.15, 0.2) is 24.3 Å². The number of hydrogen-bond donors (Lipinski definition) is 2. The number of carbonyl (C=O) groups is 1. The zero-order valence-corrected chi connectivity index (χ0v) is 11.6. The number of urea groups is 1. The average molecular weight is 304 g/mol. The Hall–Kier alpha value is -1.37. The van der Waals surface area contributed by atoms with Gasteiger partial charge in [-0.1, -0.05) is 19.1 Å². The zero-order chi connectivity index (χ0) is 14.8. The quantitative estimate of drug-likeness (QED) is 0.900. The summed E-state index contributed by atoms with van der Waals surface area (Å²) in [6, 6.07) is 4.92. The van der Waals surface area contributed by atoms with Crippen LogP contribution in [0.3, 0.4) is 0 Å². The third-order valence-electron chi connectivity index (χ3n) is 3.09. The molecule has 2 amide bonds. The van der Waals surface area contributed by atoms with E-state index in [2.05, 4.69) is 10.6 Å². The second-order valence-electron chi connectivity index (χ2n) is 4.76. The molecule has 3 nitrogen and oxygen atoms in total. The smallest absolute Gasteiger partial charge is 0.338 e. The third-order valence-corrected chi connectivity index (χ3v) is 4.53. The molecule has 1 aromatic rings. The van der Waals surface area contributed by atoms with Crippen LogP contribution in [0.25, 0.3) is 0 Å². The number of nitrogens with one attached hydrogen (secondary N) is 2. The number of alkyl halides is 3. The van der Waals surface area contributed by atoms with Gasteiger partial charge in [0, 0.05) is 18.2 Å². The van der Waals surface area contributed by atoms with Crippen molar-refractivity contribution in [3.63, 3.8) is 0 Å². The second-order valence-corrected chi connectivity index (χ2v) is 5.89. The van der Waals surface area contributed by atoms with Crippen molar-refractivity contribution in [2.75, 3.05) is 6.54 Å². The molecule has 1 fully saturated rings. The molecule has 0 spiro atoms. The molecule has 1 heterocycles. The van der Waals surface area contributed by atoms with Gasteiger partial charge in [-0.3, -0.25) is 0 Å². The Morgan fingerprint density at radius 1 is 1.30 bits per heavy atom. The van der Waals surface area contributed by atoms with E-state index in [4.69, 9.17) is 0 Å². The number of carbonyl (C=O) groups excluding carboxylic acids is 1. The van der Waals surface area contributed by atoms with Crippen molar-refractivity contribution in [2.45, 2.75) is 24.2 Å². The summed E-state index contributed by atoms with van der Waals surface area (Å²) in [5, 5.41) is 5.48. The fourth-order valence-corrected chi connectivity index (χ4v) is 3.04. The summed E-state index contributed by atoms with van der Waals surface area (Å²) in [5.41, 5.74) is 0.165. The molecule has 0 aromatic heterocycles. The molecule has 2 rings (SSSR count). The molecule has 20 heavy (non-hydrogen) atoms. The van der Waals surface area contributed by atoms with E-state index in [0.717, 1.165) is 17.7 Å². The van der Waals surface area contributed by atoms with Crippen molar-refractivity contribution in [3.8, 4) is 0 Å². The maximum atomic E-state index is 12.4. The minimum Gasteiger partial charge on any atom is -0.338 e. The molecular formula is C13H15F3N2OS. The van der Waals surface area contributed by atoms with Crippen molar-refractivity contribution in [1.82, 2.24) is 10.6 Å². The van der Waals surface area contributed by atoms with E-state index in [1.54, 1.807) is 0 Å². The van der Waals surface area contributed by atoms with Gasteiger partial charge < -0.3 is 10.6 Å². The van der Waals surface area contributed by atoms with Gasteiger partial charge in [0.05, 0.1) is 10.9 Å². The van der Waals surface area contributed by atoms with Gasteiger partial charge in [-0.2, -0.15) is 13.2 Å². The molecular weight excluding hydrogens is 289 g/mol. The average Bonchev–Trinajstić information content (AvgIpc) is 2.39. The molecule has 1 saturated heterocycles. The maximum absolute atomic E-state index is 12.4. The van der Waals surface area contributed by atoms with Crippen LogP contribution in [0.1, 0.15) is 18.1 Å². The summed E-state index contributed by atoms with van der Waals surface area (Å²) in [6.45, 7) is 2.62. The summed E-state index contributed by atoms with van der Waals surface area (Å²) in [7, 11) is 0. The van der Waals surface area contributed by atoms with E-state index in [-0.39, 0.29) is 17.3 Å². The molecule has 0 saturated carbocycles. The van der Waals surface area contributed by atoms with E-state index in [0.29, 0.717) is 12.3 Å². The van der Waals surface area contributed by atoms with Gasteiger partial charge in [0.1, 0.15) is 0 Å². The maximum Gasteiger partial charge on any atom is 0.416 e. The van der Waals surface area contributed by atoms with E-state index >= 15 is 0 Å². The topological polar surface area (TPSA) is 41.1 Å². The highest BCUT2D eigenvalue weighted by Crippen LogP contribution is 2.30. The van der Waals surface area contributed by atoms with Gasteiger partial charge in [0.25, 0.3) is 0 Å². The van der Waals surface area contributed by atoms with Crippen molar-refractivity contribution < 1.29 is 18.0 Å². The third kappa shape index (κ3) is 3.82. The molecule has 2 unspecified atom stereocenters. The lowest BCUT2D eigenvalue weighted by Gasteiger charge is -2.29. The number of benzene rings is 1. The summed E-state index contributed by atoms with van der Waals surface area (Å²) < 4.78 is 37.3. The summed E-state index contributed by atoms with van der Waals surface area (Å²) >= 11 is 1.52. The molecule has 0 aliphatic carbocycles. The highest BCUT2D eigenvalue weighted by Gasteiger charge is 2.30. The molecule has 2 atom stereocenters. The predicted octanol–water partition coefficient (Wildman–Crippen LogP) is 3.21. The largest absolute Gasteiger partial charge is 0.416 e. The van der Waals surface area contributed by atoms with Crippen LogP contribution >= 0.6 is 11.8 Å². The number of halogens is 3. The standard InChI is InChI=1S/C13H15F3N2OS/c1-8-6-17-12(19)18-11(8)20-7-9-2-4-10(5-3-9)13(14,15)16/h2-5,8,11H,6-7H2,1H3,(H2,17,18,19). The molecule has 2 N–H and O–H groups in total. The number of hydrogen-bond acceptors (Lipinski definition) is 2. The molecule has 7 heteroatoms. The van der Waals surface area contributed by atoms with Crippen LogP contribution < -0.4 is 10.6 Å². The van der Waals surface area contributed by atoms with Crippen molar-refractivity contribution in [2.24, 2.45) is 5.92 Å². The van der Waals surface area contributed by atoms with Crippen LogP contribution in [-0.4, -0.2) is 17.9 Å². The van der Waals surface area contributed by atoms with E-state index in [9.17, 15) is 18.0 Å². The summed E-state index contributed by atoms with van der Waals surface area (Å²) in [4.78, 5) is 11.2. The fraction of sp³-hybridized carbons (Fsp3) is 0.462. The van der Waals surface area contributed by atoms with Crippen LogP contribution in [0.5, 0.6) is 0 Å². The van der Waals surface area contributed by atoms with Gasteiger partial charge in [-0.05, 0) is 17.7 Å². The minimum absolute atomic E-state index is 0.0222. The van der Waals surface area contributed by atoms with E-state index in [1.165, 1.54) is 23.9 Å². The Morgan fingerprint density at radius 3 is 2.55 bits per heavy atom. The van der Waals surface area contributed by atoms with Crippen LogP contribution in [0.2, 0.25) is 0 Å². The van der Waals surface area contributed by atoms with Gasteiger partial charge >= 0.3 is 12.2 Å². The van der Waals surface area contributed by atoms with Crippen LogP contribution in [0, 0.1) is 5.92 Å². The highest BCUT2D eigenvalue weighted by molar-refractivity contribution is 7.99. The predicted molar refractivity (Wildman–Crippen MR) is 72.2 cm³/mol. The first-order valence-corrected chi connectivity index (χ1v) is 7.23. The molecule has 1 aromatic carbocycles. The number of rotatable bonds is 3. The first kappa shape index (κ1) is 15.0. The monoisotopic (exact) mass is 304 g/mol. The Bertz CT molecular complexity index is 475. The zero-order valence-electron chi connectivity index (χ0n) is 10.8. The normalized spacial score (nSPS) is 23.1. The van der Waals surface area contributed by atoms with Crippen molar-refractivity contribution >= 4 is 17.8 Å². The first-order valence-electron chi connectivity index (χ1n) is 6.18. The minimum atomic E-state index is -4.30. The molecule has 110 valence electrons. The number of amides is 2. The molecule has 0 radical (unpaired) electrons. The highest BCUT2D eigenvalue weighted by atomic mass is 32.2. The lowest BCUT2D eigenvalue weighted by atomic mass is 10.1. The Kier molecular flexibility index (Phi) is 4.47. The summed E-state index contributed by atoms with van der Waals surface area (Å²) in [6.07, 6.45) is -4.30. The second kappa shape index (κ2) is 5.95. The number of thioether (sulfide) groups is 1. The van der Waals surface area contributed by atoms with Gasteiger partial charge in [-0.25, -0.2) is 4.79 Å².